The Labute approximate surface area is 409 Å². The van der Waals surface area contributed by atoms with E-state index in [1.807, 2.05) is 62.7 Å². The molecule has 1 aliphatic carbocycles. The Bertz CT molecular complexity index is 2630. The molecule has 4 aromatic carbocycles. The minimum Gasteiger partial charge on any atom is -0.508 e. The van der Waals surface area contributed by atoms with Crippen LogP contribution in [0.3, 0.4) is 0 Å². The molecule has 0 spiro atoms. The van der Waals surface area contributed by atoms with Crippen molar-refractivity contribution < 1.29 is 33.8 Å². The molecular weight excluding hydrogens is 889 g/mol. The van der Waals surface area contributed by atoms with Crippen LogP contribution in [0.25, 0.3) is 10.4 Å². The number of ether oxygens (including phenoxy) is 2. The number of phenols is 1. The first-order chi connectivity index (χ1) is 33.6. The summed E-state index contributed by atoms with van der Waals surface area (Å²) in [6.45, 7) is 12.9. The number of amides is 2. The van der Waals surface area contributed by atoms with E-state index in [2.05, 4.69) is 85.9 Å². The second-order valence-electron chi connectivity index (χ2n) is 19.1. The van der Waals surface area contributed by atoms with Gasteiger partial charge in [0.15, 0.2) is 5.76 Å². The number of hydrogen-bond acceptors (Lipinski definition) is 12. The summed E-state index contributed by atoms with van der Waals surface area (Å²) in [5.41, 5.74) is 9.95. The number of nitrogens with one attached hydrogen (secondary N) is 1. The molecule has 2 fully saturated rings. The molecule has 5 atom stereocenters. The van der Waals surface area contributed by atoms with Gasteiger partial charge in [-0.1, -0.05) is 86.6 Å². The molecule has 3 N–H and O–H groups in total. The number of likely N-dealkylation sites (tertiary alicyclic amines) is 1. The average Bonchev–Trinajstić information content (AvgIpc) is 4.12. The van der Waals surface area contributed by atoms with Crippen LogP contribution in [-0.4, -0.2) is 118 Å². The summed E-state index contributed by atoms with van der Waals surface area (Å²) in [6.07, 6.45) is 2.15. The molecule has 9 rings (SSSR count). The van der Waals surface area contributed by atoms with Crippen LogP contribution in [0, 0.1) is 12.8 Å². The van der Waals surface area contributed by atoms with Crippen molar-refractivity contribution in [1.29, 1.82) is 0 Å². The van der Waals surface area contributed by atoms with Crippen LogP contribution in [0.5, 0.6) is 17.4 Å². The number of piperazine rings is 1. The van der Waals surface area contributed by atoms with Crippen molar-refractivity contribution in [3.05, 3.63) is 148 Å². The molecule has 2 amide bonds. The van der Waals surface area contributed by atoms with Crippen molar-refractivity contribution in [3.63, 3.8) is 0 Å². The number of aryl methyl sites for hydroxylation is 2. The molecule has 69 heavy (non-hydrogen) atoms. The number of carbonyl (C=O) groups excluding carboxylic acids is 2. The van der Waals surface area contributed by atoms with E-state index in [1.54, 1.807) is 17.4 Å². The Hall–Kier alpha value is -6.06. The van der Waals surface area contributed by atoms with Crippen molar-refractivity contribution in [2.24, 2.45) is 5.92 Å². The number of benzene rings is 4. The largest absolute Gasteiger partial charge is 0.508 e. The third-order valence-corrected chi connectivity index (χ3v) is 15.1. The number of hydrogen-bond donors (Lipinski definition) is 3. The maximum atomic E-state index is 14.1. The van der Waals surface area contributed by atoms with Crippen molar-refractivity contribution in [3.8, 4) is 27.8 Å². The molecule has 6 aromatic rings. The highest BCUT2D eigenvalue weighted by Crippen LogP contribution is 2.47. The molecule has 14 heteroatoms. The maximum Gasteiger partial charge on any atom is 0.254 e. The van der Waals surface area contributed by atoms with E-state index in [1.165, 1.54) is 27.2 Å². The van der Waals surface area contributed by atoms with Crippen molar-refractivity contribution in [2.45, 2.75) is 82.9 Å². The van der Waals surface area contributed by atoms with E-state index < -0.39 is 18.1 Å². The first-order valence-corrected chi connectivity index (χ1v) is 25.3. The minimum atomic E-state index is -0.806. The van der Waals surface area contributed by atoms with Gasteiger partial charge in [-0.2, -0.15) is 0 Å². The number of carbonyl (C=O) groups is 2. The highest BCUT2D eigenvalue weighted by molar-refractivity contribution is 7.13. The molecule has 13 nitrogen and oxygen atoms in total. The molecule has 3 aliphatic rings. The number of nitrogens with zero attached hydrogens (tertiary/aromatic N) is 5. The molecule has 0 radical (unpaired) electrons. The van der Waals surface area contributed by atoms with Gasteiger partial charge in [-0.05, 0) is 101 Å². The number of aromatic nitrogens is 2. The normalized spacial score (nSPS) is 20.2. The zero-order chi connectivity index (χ0) is 47.9. The first-order valence-electron chi connectivity index (χ1n) is 24.5. The molecule has 0 saturated carbocycles. The summed E-state index contributed by atoms with van der Waals surface area (Å²) in [4.78, 5) is 39.5. The Kier molecular flexibility index (Phi) is 15.4. The lowest BCUT2D eigenvalue weighted by Crippen LogP contribution is -2.48. The van der Waals surface area contributed by atoms with E-state index in [-0.39, 0.29) is 36.6 Å². The van der Waals surface area contributed by atoms with Crippen LogP contribution in [0.4, 0.5) is 0 Å². The fraction of sp³-hybridized carbons (Fsp3) is 0.418. The van der Waals surface area contributed by atoms with E-state index in [9.17, 15) is 19.8 Å². The van der Waals surface area contributed by atoms with Gasteiger partial charge >= 0.3 is 0 Å². The van der Waals surface area contributed by atoms with E-state index >= 15 is 0 Å². The topological polar surface area (TPSA) is 154 Å². The average molecular weight is 953 g/mol. The number of β-amino-alcohol motifs (C(OH)–C–C–N with tert-alkyl or cyclic N) is 1. The summed E-state index contributed by atoms with van der Waals surface area (Å²) in [7, 11) is 0. The zero-order valence-corrected chi connectivity index (χ0v) is 40.7. The van der Waals surface area contributed by atoms with E-state index in [4.69, 9.17) is 14.0 Å². The molecule has 4 heterocycles. The Morgan fingerprint density at radius 2 is 1.64 bits per heavy atom. The molecule has 362 valence electrons. The van der Waals surface area contributed by atoms with Crippen molar-refractivity contribution >= 4 is 23.2 Å². The standard InChI is InChI=1S/C55H64N6O7S/c1-36(2)51(55(65)61-34-44(63)31-48(61)54(64)56-33-38-10-12-41(13-11-38)53-37(3)57-35-69-53)49-32-50(58-68-49)67-28-7-22-59-23-25-60(26-24-59)27-29-66-45-18-14-40(15-19-45)52-46(39-8-5-4-6-9-39)20-16-42-30-43(62)17-21-47(42)52/h4-6,8-15,17-19,21,30,32,35-36,44,46,48,51-52,62-63H,7,16,20,22-29,31,33-34H2,1-3H3,(H,56,64)/t44-,46-,48+,51?,52+/m1/s1. The number of fused-ring (bicyclic) bond motifs is 1. The summed E-state index contributed by atoms with van der Waals surface area (Å²) in [5.74, 6) is 1.03. The lowest BCUT2D eigenvalue weighted by Gasteiger charge is -2.35. The summed E-state index contributed by atoms with van der Waals surface area (Å²) in [6, 6.07) is 34.1. The summed E-state index contributed by atoms with van der Waals surface area (Å²) < 4.78 is 18.0. The summed E-state index contributed by atoms with van der Waals surface area (Å²) in [5, 5.41) is 28.0. The molecule has 2 saturated heterocycles. The number of phenolic OH excluding ortho intramolecular Hbond substituents is 1. The number of rotatable bonds is 18. The Balaban J connectivity index is 0.693. The fourth-order valence-corrected chi connectivity index (χ4v) is 11.2. The van der Waals surface area contributed by atoms with Gasteiger partial charge in [0, 0.05) is 70.8 Å². The SMILES string of the molecule is Cc1ncsc1-c1ccc(CNC(=O)[C@@H]2C[C@@H](O)CN2C(=O)C(c2cc(OCCCN3CCN(CCOc4ccc([C@@H]5c6ccc(O)cc6CC[C@@H]5c5ccccc5)cc4)CC3)no2)C(C)C)cc1. The van der Waals surface area contributed by atoms with Crippen molar-refractivity contribution in [1.82, 2.24) is 30.2 Å². The van der Waals surface area contributed by atoms with Gasteiger partial charge in [0.25, 0.3) is 5.88 Å². The molecule has 2 aromatic heterocycles. The number of thiazole rings is 1. The monoisotopic (exact) mass is 952 g/mol. The van der Waals surface area contributed by atoms with Gasteiger partial charge in [0.1, 0.15) is 30.1 Å². The van der Waals surface area contributed by atoms with Crippen LogP contribution >= 0.6 is 11.3 Å². The maximum absolute atomic E-state index is 14.1. The zero-order valence-electron chi connectivity index (χ0n) is 39.8. The molecule has 0 bridgehead atoms. The Morgan fingerprint density at radius 3 is 2.36 bits per heavy atom. The van der Waals surface area contributed by atoms with Crippen LogP contribution in [-0.2, 0) is 22.6 Å². The lowest BCUT2D eigenvalue weighted by molar-refractivity contribution is -0.141. The lowest BCUT2D eigenvalue weighted by atomic mass is 9.69. The molecule has 2 aliphatic heterocycles. The second kappa shape index (κ2) is 22.1. The van der Waals surface area contributed by atoms with Crippen LogP contribution in [0.2, 0.25) is 0 Å². The third-order valence-electron chi connectivity index (χ3n) is 14.1. The van der Waals surface area contributed by atoms with Gasteiger partial charge in [-0.3, -0.25) is 14.5 Å². The van der Waals surface area contributed by atoms with E-state index in [0.717, 1.165) is 86.0 Å². The van der Waals surface area contributed by atoms with Crippen LogP contribution in [0.15, 0.2) is 113 Å². The molecular formula is C55H64N6O7S. The highest BCUT2D eigenvalue weighted by Gasteiger charge is 2.43. The number of aliphatic hydroxyl groups is 1. The van der Waals surface area contributed by atoms with Crippen molar-refractivity contribution in [2.75, 3.05) is 59.0 Å². The fourth-order valence-electron chi connectivity index (χ4n) is 10.4. The van der Waals surface area contributed by atoms with Crippen LogP contribution < -0.4 is 14.8 Å². The van der Waals surface area contributed by atoms with Gasteiger partial charge in [-0.25, -0.2) is 4.98 Å². The smallest absolute Gasteiger partial charge is 0.254 e. The Morgan fingerprint density at radius 1 is 0.884 bits per heavy atom. The minimum absolute atomic E-state index is 0.0684. The van der Waals surface area contributed by atoms with Gasteiger partial charge in [0.05, 0.1) is 28.8 Å². The molecule has 1 unspecified atom stereocenters. The van der Waals surface area contributed by atoms with Gasteiger partial charge < -0.3 is 39.3 Å². The van der Waals surface area contributed by atoms with Gasteiger partial charge in [-0.15, -0.1) is 11.3 Å². The van der Waals surface area contributed by atoms with Crippen LogP contribution in [0.1, 0.15) is 90.1 Å². The summed E-state index contributed by atoms with van der Waals surface area (Å²) >= 11 is 1.59. The quantitative estimate of drug-likeness (QED) is 0.0716. The second-order valence-corrected chi connectivity index (χ2v) is 19.9. The number of aliphatic hydroxyl groups excluding tert-OH is 1. The predicted molar refractivity (Wildman–Crippen MR) is 267 cm³/mol. The third kappa shape index (κ3) is 11.5. The number of aromatic hydroxyl groups is 1. The predicted octanol–water partition coefficient (Wildman–Crippen LogP) is 8.16. The first kappa shape index (κ1) is 48.0. The van der Waals surface area contributed by atoms with Gasteiger partial charge in [0.2, 0.25) is 11.8 Å². The van der Waals surface area contributed by atoms with E-state index in [0.29, 0.717) is 43.1 Å². The highest BCUT2D eigenvalue weighted by atomic mass is 32.1.